The monoisotopic (exact) mass is 307 g/mol. The van der Waals surface area contributed by atoms with Gasteiger partial charge in [-0.2, -0.15) is 0 Å². The quantitative estimate of drug-likeness (QED) is 0.946. The number of anilines is 3. The highest BCUT2D eigenvalue weighted by molar-refractivity contribution is 9.10. The minimum atomic E-state index is 0.609. The number of benzene rings is 1. The molecule has 2 rings (SSSR count). The van der Waals surface area contributed by atoms with Crippen LogP contribution in [-0.2, 0) is 0 Å². The predicted octanol–water partition coefficient (Wildman–Crippen LogP) is 3.20. The molecule has 1 aromatic carbocycles. The normalized spacial score (nSPS) is 10.2. The molecule has 0 bridgehead atoms. The van der Waals surface area contributed by atoms with Gasteiger partial charge < -0.3 is 15.4 Å². The maximum Gasteiger partial charge on any atom is 0.142 e. The lowest BCUT2D eigenvalue weighted by molar-refractivity contribution is 0.415. The molecule has 5 heteroatoms. The second-order valence-electron chi connectivity index (χ2n) is 3.79. The molecule has 0 unspecified atom stereocenters. The largest absolute Gasteiger partial charge is 0.495 e. The summed E-state index contributed by atoms with van der Waals surface area (Å²) in [6.45, 7) is 0. The highest BCUT2D eigenvalue weighted by Crippen LogP contribution is 2.38. The Hall–Kier alpha value is -1.75. The molecule has 0 spiro atoms. The van der Waals surface area contributed by atoms with Crippen LogP contribution in [-0.4, -0.2) is 19.1 Å². The average molecular weight is 308 g/mol. The van der Waals surface area contributed by atoms with Crippen molar-refractivity contribution >= 4 is 33.0 Å². The van der Waals surface area contributed by atoms with Gasteiger partial charge >= 0.3 is 0 Å². The Bertz CT molecular complexity index is 539. The minimum Gasteiger partial charge on any atom is -0.495 e. The van der Waals surface area contributed by atoms with Gasteiger partial charge in [0.15, 0.2) is 0 Å². The molecule has 2 N–H and O–H groups in total. The van der Waals surface area contributed by atoms with Crippen LogP contribution in [0.2, 0.25) is 0 Å². The van der Waals surface area contributed by atoms with Crippen LogP contribution in [0, 0.1) is 0 Å². The van der Waals surface area contributed by atoms with E-state index in [1.54, 1.807) is 19.5 Å². The number of rotatable bonds is 3. The number of ether oxygens (including phenoxy) is 1. The van der Waals surface area contributed by atoms with Gasteiger partial charge in [0.2, 0.25) is 0 Å². The van der Waals surface area contributed by atoms with Crippen LogP contribution in [0.15, 0.2) is 41.1 Å². The first-order chi connectivity index (χ1) is 8.65. The van der Waals surface area contributed by atoms with Crippen molar-refractivity contribution in [1.82, 2.24) is 4.98 Å². The molecule has 1 heterocycles. The van der Waals surface area contributed by atoms with Gasteiger partial charge in [0, 0.05) is 13.2 Å². The molecule has 4 nitrogen and oxygen atoms in total. The van der Waals surface area contributed by atoms with Crippen LogP contribution in [0.3, 0.4) is 0 Å². The Morgan fingerprint density at radius 3 is 2.67 bits per heavy atom. The van der Waals surface area contributed by atoms with E-state index in [2.05, 4.69) is 20.9 Å². The van der Waals surface area contributed by atoms with Crippen molar-refractivity contribution in [1.29, 1.82) is 0 Å². The summed E-state index contributed by atoms with van der Waals surface area (Å²) in [5, 5.41) is 0. The second-order valence-corrected chi connectivity index (χ2v) is 4.64. The number of aromatic nitrogens is 1. The average Bonchev–Trinajstić information content (AvgIpc) is 2.38. The molecule has 0 radical (unpaired) electrons. The standard InChI is InChI=1S/C13H14BrN3O/c1-17(11-5-3-4-6-12(11)18-2)13-9(14)7-16-8-10(13)15/h3-8H,15H2,1-2H3. The highest BCUT2D eigenvalue weighted by atomic mass is 79.9. The highest BCUT2D eigenvalue weighted by Gasteiger charge is 2.14. The smallest absolute Gasteiger partial charge is 0.142 e. The number of para-hydroxylation sites is 2. The molecule has 1 aromatic heterocycles. The Balaban J connectivity index is 2.51. The van der Waals surface area contributed by atoms with E-state index in [4.69, 9.17) is 10.5 Å². The number of pyridine rings is 1. The maximum absolute atomic E-state index is 5.98. The van der Waals surface area contributed by atoms with Crippen molar-refractivity contribution in [3.8, 4) is 5.75 Å². The Morgan fingerprint density at radius 2 is 2.00 bits per heavy atom. The zero-order valence-electron chi connectivity index (χ0n) is 10.2. The molecule has 0 amide bonds. The van der Waals surface area contributed by atoms with Gasteiger partial charge in [-0.3, -0.25) is 4.98 Å². The molecule has 0 saturated heterocycles. The second kappa shape index (κ2) is 5.27. The number of hydrogen-bond acceptors (Lipinski definition) is 4. The van der Waals surface area contributed by atoms with E-state index >= 15 is 0 Å². The fourth-order valence-electron chi connectivity index (χ4n) is 1.82. The van der Waals surface area contributed by atoms with Gasteiger partial charge in [0.05, 0.1) is 34.8 Å². The van der Waals surface area contributed by atoms with Crippen molar-refractivity contribution in [3.05, 3.63) is 41.1 Å². The van der Waals surface area contributed by atoms with E-state index < -0.39 is 0 Å². The summed E-state index contributed by atoms with van der Waals surface area (Å²) < 4.78 is 6.20. The fourth-order valence-corrected chi connectivity index (χ4v) is 2.44. The Morgan fingerprint density at radius 1 is 1.28 bits per heavy atom. The van der Waals surface area contributed by atoms with Crippen LogP contribution in [0.5, 0.6) is 5.75 Å². The Kier molecular flexibility index (Phi) is 3.72. The summed E-state index contributed by atoms with van der Waals surface area (Å²) in [4.78, 5) is 6.01. The van der Waals surface area contributed by atoms with Gasteiger partial charge in [-0.15, -0.1) is 0 Å². The minimum absolute atomic E-state index is 0.609. The van der Waals surface area contributed by atoms with Crippen molar-refractivity contribution in [2.45, 2.75) is 0 Å². The third kappa shape index (κ3) is 2.26. The molecular weight excluding hydrogens is 294 g/mol. The number of nitrogen functional groups attached to an aromatic ring is 1. The molecular formula is C13H14BrN3O. The number of halogens is 1. The van der Waals surface area contributed by atoms with Crippen LogP contribution >= 0.6 is 15.9 Å². The lowest BCUT2D eigenvalue weighted by atomic mass is 10.2. The van der Waals surface area contributed by atoms with Crippen molar-refractivity contribution in [2.24, 2.45) is 0 Å². The molecule has 0 aliphatic carbocycles. The van der Waals surface area contributed by atoms with Crippen molar-refractivity contribution < 1.29 is 4.74 Å². The lowest BCUT2D eigenvalue weighted by Gasteiger charge is -2.24. The van der Waals surface area contributed by atoms with E-state index in [1.807, 2.05) is 36.2 Å². The van der Waals surface area contributed by atoms with E-state index in [0.29, 0.717) is 5.69 Å². The fraction of sp³-hybridized carbons (Fsp3) is 0.154. The first kappa shape index (κ1) is 12.7. The van der Waals surface area contributed by atoms with Gasteiger partial charge in [0.25, 0.3) is 0 Å². The van der Waals surface area contributed by atoms with Crippen molar-refractivity contribution in [3.63, 3.8) is 0 Å². The lowest BCUT2D eigenvalue weighted by Crippen LogP contribution is -2.13. The molecule has 0 aliphatic heterocycles. The predicted molar refractivity (Wildman–Crippen MR) is 77.4 cm³/mol. The number of nitrogens with zero attached hydrogens (tertiary/aromatic N) is 2. The summed E-state index contributed by atoms with van der Waals surface area (Å²) in [6, 6.07) is 7.78. The van der Waals surface area contributed by atoms with E-state index in [9.17, 15) is 0 Å². The van der Waals surface area contributed by atoms with Gasteiger partial charge in [0.1, 0.15) is 5.75 Å². The van der Waals surface area contributed by atoms with E-state index in [0.717, 1.165) is 21.6 Å². The first-order valence-electron chi connectivity index (χ1n) is 5.41. The van der Waals surface area contributed by atoms with Crippen LogP contribution < -0.4 is 15.4 Å². The van der Waals surface area contributed by atoms with Crippen LogP contribution in [0.4, 0.5) is 17.1 Å². The summed E-state index contributed by atoms with van der Waals surface area (Å²) in [5.41, 5.74) is 8.40. The molecule has 18 heavy (non-hydrogen) atoms. The topological polar surface area (TPSA) is 51.4 Å². The zero-order valence-corrected chi connectivity index (χ0v) is 11.8. The van der Waals surface area contributed by atoms with Gasteiger partial charge in [-0.1, -0.05) is 12.1 Å². The summed E-state index contributed by atoms with van der Waals surface area (Å²) in [7, 11) is 3.59. The SMILES string of the molecule is COc1ccccc1N(C)c1c(N)cncc1Br. The summed E-state index contributed by atoms with van der Waals surface area (Å²) in [5.74, 6) is 0.795. The molecule has 2 aromatic rings. The molecule has 94 valence electrons. The van der Waals surface area contributed by atoms with E-state index in [-0.39, 0.29) is 0 Å². The van der Waals surface area contributed by atoms with Gasteiger partial charge in [-0.05, 0) is 28.1 Å². The van der Waals surface area contributed by atoms with Crippen LogP contribution in [0.1, 0.15) is 0 Å². The summed E-state index contributed by atoms with van der Waals surface area (Å²) in [6.07, 6.45) is 3.35. The number of methoxy groups -OCH3 is 1. The molecule has 0 aliphatic rings. The molecule has 0 atom stereocenters. The Labute approximate surface area is 115 Å². The zero-order chi connectivity index (χ0) is 13.1. The molecule has 0 fully saturated rings. The molecule has 0 saturated carbocycles. The third-order valence-corrected chi connectivity index (χ3v) is 3.26. The summed E-state index contributed by atoms with van der Waals surface area (Å²) >= 11 is 3.47. The third-order valence-electron chi connectivity index (χ3n) is 2.68. The number of hydrogen-bond donors (Lipinski definition) is 1. The first-order valence-corrected chi connectivity index (χ1v) is 6.20. The number of nitrogens with two attached hydrogens (primary N) is 1. The van der Waals surface area contributed by atoms with Gasteiger partial charge in [-0.25, -0.2) is 0 Å². The van der Waals surface area contributed by atoms with Crippen LogP contribution in [0.25, 0.3) is 0 Å². The van der Waals surface area contributed by atoms with E-state index in [1.165, 1.54) is 0 Å². The maximum atomic E-state index is 5.98. The van der Waals surface area contributed by atoms with Crippen molar-refractivity contribution in [2.75, 3.05) is 24.8 Å².